The Morgan fingerprint density at radius 2 is 1.90 bits per heavy atom. The van der Waals surface area contributed by atoms with Crippen molar-refractivity contribution >= 4 is 17.3 Å². The second kappa shape index (κ2) is 7.78. The summed E-state index contributed by atoms with van der Waals surface area (Å²) in [6.45, 7) is 2.49. The molecular weight excluding hydrogens is 272 g/mol. The van der Waals surface area contributed by atoms with Crippen LogP contribution in [0, 0.1) is 0 Å². The molecule has 0 heterocycles. The van der Waals surface area contributed by atoms with Gasteiger partial charge in [0.1, 0.15) is 5.75 Å². The van der Waals surface area contributed by atoms with Crippen LogP contribution >= 0.6 is 11.6 Å². The summed E-state index contributed by atoms with van der Waals surface area (Å²) in [5, 5.41) is 7.51. The Morgan fingerprint density at radius 1 is 1.05 bits per heavy atom. The Balaban J connectivity index is 1.70. The van der Waals surface area contributed by atoms with Crippen LogP contribution in [0.5, 0.6) is 5.75 Å². The van der Waals surface area contributed by atoms with Gasteiger partial charge in [-0.15, -0.1) is 0 Å². The highest BCUT2D eigenvalue weighted by Crippen LogP contribution is 2.16. The average Bonchev–Trinajstić information content (AvgIpc) is 2.49. The van der Waals surface area contributed by atoms with Gasteiger partial charge in [-0.3, -0.25) is 0 Å². The van der Waals surface area contributed by atoms with Gasteiger partial charge in [-0.1, -0.05) is 35.9 Å². The van der Waals surface area contributed by atoms with Crippen molar-refractivity contribution in [3.8, 4) is 5.75 Å². The Hall–Kier alpha value is -1.71. The first-order valence-corrected chi connectivity index (χ1v) is 6.99. The molecule has 0 fully saturated rings. The summed E-state index contributed by atoms with van der Waals surface area (Å²) < 4.78 is 5.18. The first-order valence-electron chi connectivity index (χ1n) is 6.61. The van der Waals surface area contributed by atoms with Crippen LogP contribution in [-0.4, -0.2) is 20.2 Å². The number of hydrogen-bond acceptors (Lipinski definition) is 3. The van der Waals surface area contributed by atoms with E-state index in [2.05, 4.69) is 10.6 Å². The van der Waals surface area contributed by atoms with Crippen molar-refractivity contribution in [1.29, 1.82) is 0 Å². The molecule has 2 aromatic carbocycles. The minimum absolute atomic E-state index is 0.777. The van der Waals surface area contributed by atoms with Crippen LogP contribution in [0.15, 0.2) is 48.5 Å². The van der Waals surface area contributed by atoms with Gasteiger partial charge >= 0.3 is 0 Å². The van der Waals surface area contributed by atoms with Crippen molar-refractivity contribution in [2.45, 2.75) is 6.54 Å². The second-order valence-corrected chi connectivity index (χ2v) is 4.83. The van der Waals surface area contributed by atoms with E-state index in [1.54, 1.807) is 7.11 Å². The Bertz CT molecular complexity index is 546. The molecule has 0 bridgehead atoms. The summed E-state index contributed by atoms with van der Waals surface area (Å²) in [5.41, 5.74) is 2.18. The zero-order valence-electron chi connectivity index (χ0n) is 11.5. The van der Waals surface area contributed by atoms with Crippen molar-refractivity contribution in [1.82, 2.24) is 5.32 Å². The summed E-state index contributed by atoms with van der Waals surface area (Å²) >= 11 is 6.10. The molecule has 2 aromatic rings. The molecule has 0 amide bonds. The fourth-order valence-corrected chi connectivity index (χ4v) is 2.10. The van der Waals surface area contributed by atoms with Crippen LogP contribution in [0.2, 0.25) is 5.02 Å². The van der Waals surface area contributed by atoms with Crippen molar-refractivity contribution in [3.05, 3.63) is 59.1 Å². The van der Waals surface area contributed by atoms with Crippen molar-refractivity contribution in [2.24, 2.45) is 0 Å². The van der Waals surface area contributed by atoms with Crippen LogP contribution in [-0.2, 0) is 6.54 Å². The van der Waals surface area contributed by atoms with Gasteiger partial charge in [-0.25, -0.2) is 0 Å². The first kappa shape index (κ1) is 14.7. The topological polar surface area (TPSA) is 33.3 Å². The summed E-state index contributed by atoms with van der Waals surface area (Å²) in [7, 11) is 1.67. The highest BCUT2D eigenvalue weighted by Gasteiger charge is 1.98. The predicted molar refractivity (Wildman–Crippen MR) is 84.6 cm³/mol. The lowest BCUT2D eigenvalue weighted by molar-refractivity contribution is 0.415. The van der Waals surface area contributed by atoms with E-state index in [4.69, 9.17) is 16.3 Å². The van der Waals surface area contributed by atoms with Crippen molar-refractivity contribution in [3.63, 3.8) is 0 Å². The maximum Gasteiger partial charge on any atom is 0.120 e. The van der Waals surface area contributed by atoms with E-state index in [1.807, 2.05) is 48.5 Å². The Kier molecular flexibility index (Phi) is 5.71. The van der Waals surface area contributed by atoms with E-state index in [0.29, 0.717) is 0 Å². The maximum atomic E-state index is 6.10. The number of methoxy groups -OCH3 is 1. The van der Waals surface area contributed by atoms with Gasteiger partial charge in [0.05, 0.1) is 7.11 Å². The Labute approximate surface area is 124 Å². The quantitative estimate of drug-likeness (QED) is 0.765. The van der Waals surface area contributed by atoms with Gasteiger partial charge in [-0.2, -0.15) is 0 Å². The first-order chi connectivity index (χ1) is 9.79. The van der Waals surface area contributed by atoms with Gasteiger partial charge in [-0.05, 0) is 23.8 Å². The molecule has 0 radical (unpaired) electrons. The van der Waals surface area contributed by atoms with Crippen LogP contribution in [0.3, 0.4) is 0 Å². The lowest BCUT2D eigenvalue weighted by Gasteiger charge is -2.09. The molecule has 0 atom stereocenters. The zero-order valence-corrected chi connectivity index (χ0v) is 12.3. The van der Waals surface area contributed by atoms with E-state index in [9.17, 15) is 0 Å². The lowest BCUT2D eigenvalue weighted by Crippen LogP contribution is -2.21. The van der Waals surface area contributed by atoms with Gasteiger partial charge in [0, 0.05) is 36.4 Å². The van der Waals surface area contributed by atoms with E-state index in [0.717, 1.165) is 41.7 Å². The number of ether oxygens (including phenoxy) is 1. The molecule has 0 aromatic heterocycles. The summed E-state index contributed by atoms with van der Waals surface area (Å²) in [4.78, 5) is 0. The molecule has 0 spiro atoms. The average molecular weight is 291 g/mol. The van der Waals surface area contributed by atoms with Crippen LogP contribution < -0.4 is 15.4 Å². The second-order valence-electron chi connectivity index (χ2n) is 4.43. The molecule has 0 aliphatic carbocycles. The molecular formula is C16H19ClN2O. The Morgan fingerprint density at radius 3 is 2.70 bits per heavy atom. The van der Waals surface area contributed by atoms with E-state index in [1.165, 1.54) is 0 Å². The standard InChI is InChI=1S/C16H19ClN2O/c1-20-15-7-4-6-14(11-15)19-10-9-18-12-13-5-2-3-8-16(13)17/h2-8,11,18-19H,9-10,12H2,1H3. The number of halogens is 1. The summed E-state index contributed by atoms with van der Waals surface area (Å²) in [6.07, 6.45) is 0. The normalized spacial score (nSPS) is 10.3. The molecule has 106 valence electrons. The van der Waals surface area contributed by atoms with Crippen LogP contribution in [0.25, 0.3) is 0 Å². The highest BCUT2D eigenvalue weighted by atomic mass is 35.5. The van der Waals surface area contributed by atoms with Gasteiger partial charge in [0.2, 0.25) is 0 Å². The molecule has 2 N–H and O–H groups in total. The van der Waals surface area contributed by atoms with E-state index in [-0.39, 0.29) is 0 Å². The van der Waals surface area contributed by atoms with E-state index < -0.39 is 0 Å². The number of benzene rings is 2. The molecule has 2 rings (SSSR count). The lowest BCUT2D eigenvalue weighted by atomic mass is 10.2. The monoisotopic (exact) mass is 290 g/mol. The fraction of sp³-hybridized carbons (Fsp3) is 0.250. The molecule has 4 heteroatoms. The number of rotatable bonds is 7. The number of anilines is 1. The minimum Gasteiger partial charge on any atom is -0.497 e. The molecule has 3 nitrogen and oxygen atoms in total. The summed E-state index contributed by atoms with van der Waals surface area (Å²) in [5.74, 6) is 0.860. The minimum atomic E-state index is 0.777. The molecule has 0 aliphatic heterocycles. The third-order valence-corrected chi connectivity index (χ3v) is 3.34. The summed E-state index contributed by atoms with van der Waals surface area (Å²) in [6, 6.07) is 15.8. The largest absolute Gasteiger partial charge is 0.497 e. The predicted octanol–water partition coefficient (Wildman–Crippen LogP) is 3.55. The van der Waals surface area contributed by atoms with Crippen molar-refractivity contribution < 1.29 is 4.74 Å². The van der Waals surface area contributed by atoms with Gasteiger partial charge < -0.3 is 15.4 Å². The van der Waals surface area contributed by atoms with Gasteiger partial charge in [0.25, 0.3) is 0 Å². The molecule has 0 aliphatic rings. The van der Waals surface area contributed by atoms with Crippen LogP contribution in [0.4, 0.5) is 5.69 Å². The SMILES string of the molecule is COc1cccc(NCCNCc2ccccc2Cl)c1. The molecule has 0 saturated heterocycles. The molecule has 0 unspecified atom stereocenters. The van der Waals surface area contributed by atoms with Crippen LogP contribution in [0.1, 0.15) is 5.56 Å². The number of nitrogens with one attached hydrogen (secondary N) is 2. The van der Waals surface area contributed by atoms with Crippen molar-refractivity contribution in [2.75, 3.05) is 25.5 Å². The number of hydrogen-bond donors (Lipinski definition) is 2. The molecule has 0 saturated carbocycles. The third-order valence-electron chi connectivity index (χ3n) is 2.97. The highest BCUT2D eigenvalue weighted by molar-refractivity contribution is 6.31. The third kappa shape index (κ3) is 4.44. The fourth-order valence-electron chi connectivity index (χ4n) is 1.89. The maximum absolute atomic E-state index is 6.10. The van der Waals surface area contributed by atoms with E-state index >= 15 is 0 Å². The van der Waals surface area contributed by atoms with Gasteiger partial charge in [0.15, 0.2) is 0 Å². The smallest absolute Gasteiger partial charge is 0.120 e. The molecule has 20 heavy (non-hydrogen) atoms. The zero-order chi connectivity index (χ0) is 14.2.